The van der Waals surface area contributed by atoms with Crippen molar-refractivity contribution in [2.75, 3.05) is 0 Å². The topological polar surface area (TPSA) is 73.8 Å². The number of carbonyl (C=O) groups is 1. The second kappa shape index (κ2) is 10.3. The van der Waals surface area contributed by atoms with E-state index in [9.17, 15) is 4.79 Å². The van der Waals surface area contributed by atoms with Crippen molar-refractivity contribution in [1.29, 1.82) is 5.41 Å². The number of aliphatic imine (C=N–C) groups is 1. The molecule has 0 unspecified atom stereocenters. The van der Waals surface area contributed by atoms with Gasteiger partial charge in [0.25, 0.3) is 5.91 Å². The van der Waals surface area contributed by atoms with Gasteiger partial charge in [-0.25, -0.2) is 0 Å². The largest absolute Gasteiger partial charge is 0.344 e. The summed E-state index contributed by atoms with van der Waals surface area (Å²) < 4.78 is 2.23. The van der Waals surface area contributed by atoms with E-state index in [2.05, 4.69) is 53.6 Å². The van der Waals surface area contributed by atoms with Crippen LogP contribution in [0.15, 0.2) is 52.1 Å². The molecule has 2 aliphatic rings. The zero-order valence-electron chi connectivity index (χ0n) is 19.6. The van der Waals surface area contributed by atoms with Crippen LogP contribution in [0.2, 0.25) is 0 Å². The second-order valence-electron chi connectivity index (χ2n) is 8.58. The quantitative estimate of drug-likeness (QED) is 0.360. The molecule has 1 aromatic heterocycles. The molecule has 1 N–H and O–H groups in total. The van der Waals surface area contributed by atoms with Crippen molar-refractivity contribution < 1.29 is 4.79 Å². The fourth-order valence-electron chi connectivity index (χ4n) is 4.15. The molecule has 0 bridgehead atoms. The normalized spacial score (nSPS) is 16.9. The number of thioether (sulfide) groups is 1. The van der Waals surface area contributed by atoms with Gasteiger partial charge in [-0.05, 0) is 61.7 Å². The number of aryl methyl sites for hydroxylation is 1. The lowest BCUT2D eigenvalue weighted by atomic mass is 10.1. The molecular weight excluding hydrogens is 430 g/mol. The van der Waals surface area contributed by atoms with Crippen molar-refractivity contribution in [2.24, 2.45) is 10.1 Å². The molecule has 172 valence electrons. The van der Waals surface area contributed by atoms with E-state index in [0.717, 1.165) is 41.4 Å². The third kappa shape index (κ3) is 5.19. The van der Waals surface area contributed by atoms with E-state index in [4.69, 9.17) is 5.41 Å². The molecule has 0 spiro atoms. The Bertz CT molecular complexity index is 1140. The summed E-state index contributed by atoms with van der Waals surface area (Å²) in [4.78, 5) is 17.0. The number of hydrazone groups is 1. The molecule has 2 aromatic rings. The number of amides is 1. The number of nitrogens with one attached hydrogen (secondary N) is 1. The van der Waals surface area contributed by atoms with Crippen molar-refractivity contribution >= 4 is 39.8 Å². The van der Waals surface area contributed by atoms with E-state index in [-0.39, 0.29) is 17.3 Å². The van der Waals surface area contributed by atoms with Gasteiger partial charge < -0.3 is 4.57 Å². The Labute approximate surface area is 200 Å². The predicted molar refractivity (Wildman–Crippen MR) is 138 cm³/mol. The second-order valence-corrected chi connectivity index (χ2v) is 9.62. The lowest BCUT2D eigenvalue weighted by molar-refractivity contribution is -0.114. The molecule has 1 aromatic carbocycles. The van der Waals surface area contributed by atoms with Crippen LogP contribution in [0.25, 0.3) is 6.08 Å². The molecule has 2 aliphatic heterocycles. The number of hydrogen-bond donors (Lipinski definition) is 1. The highest BCUT2D eigenvalue weighted by atomic mass is 32.2. The van der Waals surface area contributed by atoms with E-state index in [1.807, 2.05) is 18.2 Å². The van der Waals surface area contributed by atoms with Gasteiger partial charge in [0.15, 0.2) is 5.84 Å². The molecule has 0 aliphatic carbocycles. The summed E-state index contributed by atoms with van der Waals surface area (Å²) >= 11 is 1.42. The number of amidine groups is 2. The van der Waals surface area contributed by atoms with E-state index in [1.54, 1.807) is 6.08 Å². The fraction of sp³-hybridized carbons (Fsp3) is 0.385. The first-order valence-corrected chi connectivity index (χ1v) is 12.5. The Morgan fingerprint density at radius 2 is 1.85 bits per heavy atom. The van der Waals surface area contributed by atoms with Crippen LogP contribution in [0.5, 0.6) is 0 Å². The predicted octanol–water partition coefficient (Wildman–Crippen LogP) is 6.13. The minimum absolute atomic E-state index is 0.103. The van der Waals surface area contributed by atoms with Gasteiger partial charge in [-0.1, -0.05) is 62.9 Å². The maximum absolute atomic E-state index is 12.8. The summed E-state index contributed by atoms with van der Waals surface area (Å²) in [7, 11) is 0. The van der Waals surface area contributed by atoms with Gasteiger partial charge in [0.2, 0.25) is 5.17 Å². The number of nitrogens with zero attached hydrogens (tertiary/aromatic N) is 4. The molecule has 0 atom stereocenters. The van der Waals surface area contributed by atoms with Crippen LogP contribution in [0, 0.1) is 19.3 Å². The fourth-order valence-corrected chi connectivity index (χ4v) is 5.08. The van der Waals surface area contributed by atoms with E-state index in [1.165, 1.54) is 48.0 Å². The number of rotatable bonds is 9. The average molecular weight is 462 g/mol. The van der Waals surface area contributed by atoms with Gasteiger partial charge in [-0.2, -0.15) is 15.1 Å². The van der Waals surface area contributed by atoms with Gasteiger partial charge in [-0.3, -0.25) is 10.2 Å². The van der Waals surface area contributed by atoms with E-state index in [0.29, 0.717) is 5.17 Å². The number of unbranched alkanes of at least 4 members (excludes halogenated alkanes) is 4. The van der Waals surface area contributed by atoms with Crippen LogP contribution in [-0.4, -0.2) is 31.5 Å². The summed E-state index contributed by atoms with van der Waals surface area (Å²) in [5, 5.41) is 16.2. The summed E-state index contributed by atoms with van der Waals surface area (Å²) in [5.41, 5.74) is 4.61. The van der Waals surface area contributed by atoms with Crippen molar-refractivity contribution in [3.63, 3.8) is 0 Å². The Kier molecular flexibility index (Phi) is 7.28. The van der Waals surface area contributed by atoms with E-state index >= 15 is 0 Å². The number of hydrogen-bond acceptors (Lipinski definition) is 4. The van der Waals surface area contributed by atoms with Gasteiger partial charge >= 0.3 is 0 Å². The summed E-state index contributed by atoms with van der Waals surface area (Å²) in [6.45, 7) is 7.09. The molecular formula is C26H31N5OS. The maximum Gasteiger partial charge on any atom is 0.283 e. The van der Waals surface area contributed by atoms with Crippen LogP contribution in [-0.2, 0) is 11.3 Å². The van der Waals surface area contributed by atoms with Crippen LogP contribution in [0.3, 0.4) is 0 Å². The smallest absolute Gasteiger partial charge is 0.283 e. The molecule has 7 heteroatoms. The third-order valence-electron chi connectivity index (χ3n) is 6.09. The number of aromatic nitrogens is 1. The molecule has 6 nitrogen and oxygen atoms in total. The summed E-state index contributed by atoms with van der Waals surface area (Å²) in [5.74, 6) is -0.266. The SMILES string of the molecule is CCCCCCCC1=NN2C(=N)/C(=C/c3cc(C)n(Cc4ccccc4)c3C)C(=O)N=C2S1. The van der Waals surface area contributed by atoms with Crippen molar-refractivity contribution in [2.45, 2.75) is 65.8 Å². The molecule has 0 saturated carbocycles. The Morgan fingerprint density at radius 1 is 1.09 bits per heavy atom. The number of fused-ring (bicyclic) bond motifs is 1. The Balaban J connectivity index is 1.51. The highest BCUT2D eigenvalue weighted by molar-refractivity contribution is 8.26. The summed E-state index contributed by atoms with van der Waals surface area (Å²) in [6.07, 6.45) is 8.64. The highest BCUT2D eigenvalue weighted by Crippen LogP contribution is 2.31. The molecule has 0 radical (unpaired) electrons. The molecule has 0 saturated heterocycles. The van der Waals surface area contributed by atoms with Crippen molar-refractivity contribution in [3.05, 3.63) is 64.5 Å². The first-order valence-electron chi connectivity index (χ1n) is 11.7. The third-order valence-corrected chi connectivity index (χ3v) is 7.05. The number of carbonyl (C=O) groups excluding carboxylic acids is 1. The van der Waals surface area contributed by atoms with Crippen LogP contribution in [0.4, 0.5) is 0 Å². The van der Waals surface area contributed by atoms with Crippen molar-refractivity contribution in [3.8, 4) is 0 Å². The van der Waals surface area contributed by atoms with Gasteiger partial charge in [0, 0.05) is 17.9 Å². The van der Waals surface area contributed by atoms with E-state index < -0.39 is 0 Å². The zero-order chi connectivity index (χ0) is 23.4. The molecule has 4 rings (SSSR count). The van der Waals surface area contributed by atoms with Crippen LogP contribution >= 0.6 is 11.8 Å². The monoisotopic (exact) mass is 461 g/mol. The van der Waals surface area contributed by atoms with Gasteiger partial charge in [-0.15, -0.1) is 0 Å². The first kappa shape index (κ1) is 23.2. The summed E-state index contributed by atoms with van der Waals surface area (Å²) in [6, 6.07) is 12.4. The maximum atomic E-state index is 12.8. The number of benzene rings is 1. The van der Waals surface area contributed by atoms with Crippen LogP contribution < -0.4 is 0 Å². The molecule has 33 heavy (non-hydrogen) atoms. The zero-order valence-corrected chi connectivity index (χ0v) is 20.4. The molecule has 1 amide bonds. The first-order chi connectivity index (χ1) is 16.0. The molecule has 3 heterocycles. The Hall–Kier alpha value is -2.93. The minimum Gasteiger partial charge on any atom is -0.344 e. The van der Waals surface area contributed by atoms with Crippen molar-refractivity contribution in [1.82, 2.24) is 9.58 Å². The van der Waals surface area contributed by atoms with Crippen LogP contribution in [0.1, 0.15) is 68.0 Å². The Morgan fingerprint density at radius 3 is 2.61 bits per heavy atom. The van der Waals surface area contributed by atoms with Gasteiger partial charge in [0.05, 0.1) is 5.57 Å². The van der Waals surface area contributed by atoms with Gasteiger partial charge in [0.1, 0.15) is 5.04 Å². The lowest BCUT2D eigenvalue weighted by Crippen LogP contribution is -2.35. The highest BCUT2D eigenvalue weighted by Gasteiger charge is 2.35. The average Bonchev–Trinajstić information content (AvgIpc) is 3.33. The molecule has 0 fully saturated rings. The lowest BCUT2D eigenvalue weighted by Gasteiger charge is -2.20. The standard InChI is InChI=1S/C26H31N5OS/c1-4-5-6-7-11-14-23-29-31-24(27)22(25(32)28-26(31)33-23)16-21-15-18(2)30(19(21)3)17-20-12-9-8-10-13-20/h8-10,12-13,15-16,27H,4-7,11,14,17H2,1-3H3/b22-16-,27-24?. The minimum atomic E-state index is -0.369.